The van der Waals surface area contributed by atoms with Crippen LogP contribution in [0.1, 0.15) is 17.3 Å². The van der Waals surface area contributed by atoms with E-state index in [1.54, 1.807) is 31.3 Å². The van der Waals surface area contributed by atoms with Crippen molar-refractivity contribution in [3.05, 3.63) is 36.5 Å². The Labute approximate surface area is 88.5 Å². The summed E-state index contributed by atoms with van der Waals surface area (Å²) in [6.07, 6.45) is 3.14. The van der Waals surface area contributed by atoms with Crippen LogP contribution in [0.25, 0.3) is 0 Å². The van der Waals surface area contributed by atoms with Crippen molar-refractivity contribution in [1.82, 2.24) is 4.98 Å². The standard InChI is InChI=1S/C11H13NO3/c1-3-8-15-10-9(6-5-7-12-10)11(13)14-4-2/h3,5-7H,1,4,8H2,2H3. The molecule has 4 heteroatoms. The molecule has 0 spiro atoms. The fraction of sp³-hybridized carbons (Fsp3) is 0.273. The predicted octanol–water partition coefficient (Wildman–Crippen LogP) is 1.82. The number of hydrogen-bond donors (Lipinski definition) is 0. The topological polar surface area (TPSA) is 48.4 Å². The van der Waals surface area contributed by atoms with Crippen molar-refractivity contribution in [1.29, 1.82) is 0 Å². The lowest BCUT2D eigenvalue weighted by molar-refractivity contribution is 0.0521. The third-order valence-corrected chi connectivity index (χ3v) is 1.60. The van der Waals surface area contributed by atoms with Crippen LogP contribution in [0.4, 0.5) is 0 Å². The summed E-state index contributed by atoms with van der Waals surface area (Å²) in [4.78, 5) is 15.4. The van der Waals surface area contributed by atoms with Crippen molar-refractivity contribution in [3.63, 3.8) is 0 Å². The summed E-state index contributed by atoms with van der Waals surface area (Å²) in [6.45, 7) is 5.90. The number of nitrogens with zero attached hydrogens (tertiary/aromatic N) is 1. The van der Waals surface area contributed by atoms with Gasteiger partial charge in [-0.3, -0.25) is 0 Å². The van der Waals surface area contributed by atoms with Crippen LogP contribution in [0.5, 0.6) is 5.88 Å². The Morgan fingerprint density at radius 3 is 3.13 bits per heavy atom. The SMILES string of the molecule is C=CCOc1ncccc1C(=O)OCC. The van der Waals surface area contributed by atoms with Crippen molar-refractivity contribution in [2.75, 3.05) is 13.2 Å². The first-order chi connectivity index (χ1) is 7.29. The molecule has 0 N–H and O–H groups in total. The molecule has 0 amide bonds. The number of pyridine rings is 1. The molecule has 0 bridgehead atoms. The maximum Gasteiger partial charge on any atom is 0.343 e. The summed E-state index contributed by atoms with van der Waals surface area (Å²) in [5.41, 5.74) is 0.334. The van der Waals surface area contributed by atoms with Gasteiger partial charge >= 0.3 is 5.97 Å². The molecule has 0 saturated heterocycles. The Bertz CT molecular complexity index is 349. The first kappa shape index (κ1) is 11.2. The number of carbonyl (C=O) groups excluding carboxylic acids is 1. The second-order valence-electron chi connectivity index (χ2n) is 2.68. The van der Waals surface area contributed by atoms with Gasteiger partial charge in [-0.1, -0.05) is 12.7 Å². The Morgan fingerprint density at radius 1 is 1.67 bits per heavy atom. The molecule has 1 heterocycles. The summed E-state index contributed by atoms with van der Waals surface area (Å²) >= 11 is 0. The lowest BCUT2D eigenvalue weighted by Gasteiger charge is -2.07. The molecule has 1 rings (SSSR count). The molecular weight excluding hydrogens is 194 g/mol. The normalized spacial score (nSPS) is 9.40. The summed E-state index contributed by atoms with van der Waals surface area (Å²) in [5.74, 6) is -0.152. The van der Waals surface area contributed by atoms with Crippen LogP contribution in [0.3, 0.4) is 0 Å². The van der Waals surface area contributed by atoms with Crippen molar-refractivity contribution >= 4 is 5.97 Å². The van der Waals surface area contributed by atoms with Gasteiger partial charge < -0.3 is 9.47 Å². The van der Waals surface area contributed by atoms with Gasteiger partial charge in [-0.25, -0.2) is 9.78 Å². The van der Waals surface area contributed by atoms with Crippen LogP contribution in [0.2, 0.25) is 0 Å². The largest absolute Gasteiger partial charge is 0.473 e. The van der Waals surface area contributed by atoms with Crippen LogP contribution < -0.4 is 4.74 Å². The average Bonchev–Trinajstić information content (AvgIpc) is 2.27. The Hall–Kier alpha value is -1.84. The maximum atomic E-state index is 11.5. The third kappa shape index (κ3) is 3.09. The van der Waals surface area contributed by atoms with Gasteiger partial charge in [0.05, 0.1) is 6.61 Å². The second kappa shape index (κ2) is 5.80. The monoisotopic (exact) mass is 207 g/mol. The minimum Gasteiger partial charge on any atom is -0.473 e. The van der Waals surface area contributed by atoms with Crippen LogP contribution >= 0.6 is 0 Å². The van der Waals surface area contributed by atoms with E-state index in [1.165, 1.54) is 0 Å². The van der Waals surface area contributed by atoms with Crippen LogP contribution in [0, 0.1) is 0 Å². The molecule has 0 fully saturated rings. The van der Waals surface area contributed by atoms with Gasteiger partial charge in [0.1, 0.15) is 12.2 Å². The molecule has 0 aromatic carbocycles. The van der Waals surface area contributed by atoms with Gasteiger partial charge in [-0.15, -0.1) is 0 Å². The van der Waals surface area contributed by atoms with E-state index in [-0.39, 0.29) is 5.88 Å². The highest BCUT2D eigenvalue weighted by Crippen LogP contribution is 2.15. The first-order valence-electron chi connectivity index (χ1n) is 4.65. The number of aromatic nitrogens is 1. The first-order valence-corrected chi connectivity index (χ1v) is 4.65. The molecule has 0 unspecified atom stereocenters. The highest BCUT2D eigenvalue weighted by Gasteiger charge is 2.13. The molecule has 0 radical (unpaired) electrons. The lowest BCUT2D eigenvalue weighted by Crippen LogP contribution is -2.08. The highest BCUT2D eigenvalue weighted by atomic mass is 16.5. The number of carbonyl (C=O) groups is 1. The summed E-state index contributed by atoms with van der Waals surface area (Å²) in [6, 6.07) is 3.27. The molecule has 1 aromatic heterocycles. The summed E-state index contributed by atoms with van der Waals surface area (Å²) in [7, 11) is 0. The molecule has 0 aliphatic rings. The van der Waals surface area contributed by atoms with E-state index in [0.717, 1.165) is 0 Å². The van der Waals surface area contributed by atoms with E-state index < -0.39 is 5.97 Å². The average molecular weight is 207 g/mol. The molecule has 80 valence electrons. The van der Waals surface area contributed by atoms with E-state index in [0.29, 0.717) is 18.8 Å². The van der Waals surface area contributed by atoms with E-state index in [4.69, 9.17) is 9.47 Å². The van der Waals surface area contributed by atoms with Gasteiger partial charge in [-0.2, -0.15) is 0 Å². The van der Waals surface area contributed by atoms with Crippen molar-refractivity contribution in [2.45, 2.75) is 6.92 Å². The molecule has 0 saturated carbocycles. The van der Waals surface area contributed by atoms with Gasteiger partial charge in [0.15, 0.2) is 0 Å². The fourth-order valence-electron chi connectivity index (χ4n) is 1.01. The van der Waals surface area contributed by atoms with Crippen molar-refractivity contribution in [3.8, 4) is 5.88 Å². The third-order valence-electron chi connectivity index (χ3n) is 1.60. The number of rotatable bonds is 5. The molecule has 0 aliphatic carbocycles. The number of esters is 1. The van der Waals surface area contributed by atoms with E-state index in [2.05, 4.69) is 11.6 Å². The maximum absolute atomic E-state index is 11.5. The molecule has 1 aromatic rings. The molecule has 15 heavy (non-hydrogen) atoms. The fourth-order valence-corrected chi connectivity index (χ4v) is 1.01. The van der Waals surface area contributed by atoms with E-state index in [9.17, 15) is 4.79 Å². The zero-order chi connectivity index (χ0) is 11.1. The van der Waals surface area contributed by atoms with Crippen LogP contribution in [0.15, 0.2) is 31.0 Å². The molecule has 4 nitrogen and oxygen atoms in total. The van der Waals surface area contributed by atoms with Gasteiger partial charge in [-0.05, 0) is 19.1 Å². The van der Waals surface area contributed by atoms with Crippen LogP contribution in [-0.2, 0) is 4.74 Å². The summed E-state index contributed by atoms with van der Waals surface area (Å²) in [5, 5.41) is 0. The molecular formula is C11H13NO3. The molecule has 0 atom stereocenters. The number of ether oxygens (including phenoxy) is 2. The van der Waals surface area contributed by atoms with E-state index in [1.807, 2.05) is 0 Å². The quantitative estimate of drug-likeness (QED) is 0.546. The van der Waals surface area contributed by atoms with E-state index >= 15 is 0 Å². The Kier molecular flexibility index (Phi) is 4.34. The molecule has 0 aliphatic heterocycles. The van der Waals surface area contributed by atoms with Gasteiger partial charge in [0.25, 0.3) is 0 Å². The minimum atomic E-state index is -0.426. The summed E-state index contributed by atoms with van der Waals surface area (Å²) < 4.78 is 10.1. The van der Waals surface area contributed by atoms with Gasteiger partial charge in [0.2, 0.25) is 5.88 Å². The predicted molar refractivity (Wildman–Crippen MR) is 55.9 cm³/mol. The van der Waals surface area contributed by atoms with Crippen molar-refractivity contribution < 1.29 is 14.3 Å². The zero-order valence-electron chi connectivity index (χ0n) is 8.60. The minimum absolute atomic E-state index is 0.274. The second-order valence-corrected chi connectivity index (χ2v) is 2.68. The zero-order valence-corrected chi connectivity index (χ0v) is 8.60. The van der Waals surface area contributed by atoms with Crippen LogP contribution in [-0.4, -0.2) is 24.2 Å². The number of hydrogen-bond acceptors (Lipinski definition) is 4. The smallest absolute Gasteiger partial charge is 0.343 e. The Balaban J connectivity index is 2.85. The van der Waals surface area contributed by atoms with Gasteiger partial charge in [0, 0.05) is 6.20 Å². The Morgan fingerprint density at radius 2 is 2.47 bits per heavy atom. The lowest BCUT2D eigenvalue weighted by atomic mass is 10.3. The highest BCUT2D eigenvalue weighted by molar-refractivity contribution is 5.91. The van der Waals surface area contributed by atoms with Crippen molar-refractivity contribution in [2.24, 2.45) is 0 Å².